The van der Waals surface area contributed by atoms with Crippen molar-refractivity contribution in [3.05, 3.63) is 59.7 Å². The molecule has 6 heteroatoms. The maximum absolute atomic E-state index is 12.8. The zero-order chi connectivity index (χ0) is 18.8. The molecule has 2 aromatic rings. The number of carboxylic acid groups (broad SMARTS) is 1. The summed E-state index contributed by atoms with van der Waals surface area (Å²) in [6, 6.07) is 14.7. The summed E-state index contributed by atoms with van der Waals surface area (Å²) < 4.78 is 0. The molecule has 3 rings (SSSR count). The first-order chi connectivity index (χ1) is 12.4. The highest BCUT2D eigenvalue weighted by molar-refractivity contribution is 6.00. The van der Waals surface area contributed by atoms with E-state index in [-0.39, 0.29) is 12.3 Å². The van der Waals surface area contributed by atoms with Gasteiger partial charge in [-0.3, -0.25) is 19.3 Å². The Kier molecular flexibility index (Phi) is 4.86. The molecule has 2 amide bonds. The monoisotopic (exact) mass is 352 g/mol. The maximum atomic E-state index is 12.8. The zero-order valence-electron chi connectivity index (χ0n) is 14.4. The van der Waals surface area contributed by atoms with Gasteiger partial charge < -0.3 is 10.8 Å². The summed E-state index contributed by atoms with van der Waals surface area (Å²) in [6.45, 7) is 0.750. The van der Waals surface area contributed by atoms with Crippen LogP contribution in [0.15, 0.2) is 48.5 Å². The van der Waals surface area contributed by atoms with E-state index in [1.807, 2.05) is 48.5 Å². The van der Waals surface area contributed by atoms with Crippen molar-refractivity contribution in [1.29, 1.82) is 0 Å². The lowest BCUT2D eigenvalue weighted by molar-refractivity contribution is -0.153. The van der Waals surface area contributed by atoms with Crippen molar-refractivity contribution < 1.29 is 19.5 Å². The SMILES string of the molecule is C[C@H](N)C(=O)N(CC(=O)O)C(=O)CC1c2ccccc2-c2ccccc21. The van der Waals surface area contributed by atoms with Crippen LogP contribution in [0.5, 0.6) is 0 Å². The molecule has 0 fully saturated rings. The first-order valence-corrected chi connectivity index (χ1v) is 8.40. The Morgan fingerprint density at radius 3 is 2.00 bits per heavy atom. The van der Waals surface area contributed by atoms with Crippen LogP contribution in [0, 0.1) is 0 Å². The van der Waals surface area contributed by atoms with E-state index in [1.54, 1.807) is 0 Å². The topological polar surface area (TPSA) is 101 Å². The van der Waals surface area contributed by atoms with Gasteiger partial charge in [0.15, 0.2) is 0 Å². The predicted molar refractivity (Wildman–Crippen MR) is 96.3 cm³/mol. The molecule has 0 spiro atoms. The van der Waals surface area contributed by atoms with Crippen molar-refractivity contribution in [3.63, 3.8) is 0 Å². The van der Waals surface area contributed by atoms with Gasteiger partial charge in [-0.05, 0) is 29.2 Å². The first-order valence-electron chi connectivity index (χ1n) is 8.40. The van der Waals surface area contributed by atoms with Crippen LogP contribution in [-0.4, -0.2) is 40.4 Å². The second kappa shape index (κ2) is 7.09. The Bertz CT molecular complexity index is 830. The molecule has 134 valence electrons. The number of amides is 2. The lowest BCUT2D eigenvalue weighted by Gasteiger charge is -2.23. The van der Waals surface area contributed by atoms with E-state index in [2.05, 4.69) is 0 Å². The third kappa shape index (κ3) is 3.23. The molecule has 2 aromatic carbocycles. The molecule has 0 unspecified atom stereocenters. The van der Waals surface area contributed by atoms with Crippen LogP contribution in [0.1, 0.15) is 30.4 Å². The molecule has 1 aliphatic rings. The molecular weight excluding hydrogens is 332 g/mol. The first kappa shape index (κ1) is 17.8. The molecule has 26 heavy (non-hydrogen) atoms. The van der Waals surface area contributed by atoms with E-state index >= 15 is 0 Å². The molecule has 6 nitrogen and oxygen atoms in total. The Morgan fingerprint density at radius 2 is 1.54 bits per heavy atom. The zero-order valence-corrected chi connectivity index (χ0v) is 14.4. The number of carbonyl (C=O) groups excluding carboxylic acids is 2. The van der Waals surface area contributed by atoms with E-state index < -0.39 is 30.4 Å². The second-order valence-electron chi connectivity index (χ2n) is 6.43. The van der Waals surface area contributed by atoms with Gasteiger partial charge in [-0.2, -0.15) is 0 Å². The summed E-state index contributed by atoms with van der Waals surface area (Å²) in [4.78, 5) is 36.8. The molecule has 0 heterocycles. The van der Waals surface area contributed by atoms with Crippen LogP contribution in [0.3, 0.4) is 0 Å². The molecule has 0 aliphatic heterocycles. The highest BCUT2D eigenvalue weighted by Gasteiger charge is 2.33. The normalized spacial score (nSPS) is 13.6. The summed E-state index contributed by atoms with van der Waals surface area (Å²) in [6.07, 6.45) is 0.0137. The van der Waals surface area contributed by atoms with Gasteiger partial charge >= 0.3 is 5.97 Å². The molecular formula is C20H20N2O4. The number of carbonyl (C=O) groups is 3. The number of rotatable bonds is 5. The third-order valence-corrected chi connectivity index (χ3v) is 4.59. The summed E-state index contributed by atoms with van der Waals surface area (Å²) in [5.41, 5.74) is 9.70. The van der Waals surface area contributed by atoms with Crippen molar-refractivity contribution >= 4 is 17.8 Å². The van der Waals surface area contributed by atoms with Crippen LogP contribution in [-0.2, 0) is 14.4 Å². The van der Waals surface area contributed by atoms with Gasteiger partial charge in [-0.15, -0.1) is 0 Å². The second-order valence-corrected chi connectivity index (χ2v) is 6.43. The number of nitrogens with zero attached hydrogens (tertiary/aromatic N) is 1. The van der Waals surface area contributed by atoms with Crippen molar-refractivity contribution in [1.82, 2.24) is 4.90 Å². The number of aliphatic carboxylic acids is 1. The van der Waals surface area contributed by atoms with E-state index in [0.29, 0.717) is 0 Å². The summed E-state index contributed by atoms with van der Waals surface area (Å²) >= 11 is 0. The standard InChI is InChI=1S/C20H20N2O4/c1-12(21)20(26)22(11-19(24)25)18(23)10-17-15-8-4-2-6-13(15)14-7-3-5-9-16(14)17/h2-9,12,17H,10-11,21H2,1H3,(H,24,25)/t12-/m0/s1. The Hall–Kier alpha value is -2.99. The Labute approximate surface area is 151 Å². The summed E-state index contributed by atoms with van der Waals surface area (Å²) in [5, 5.41) is 9.05. The lowest BCUT2D eigenvalue weighted by atomic mass is 9.93. The van der Waals surface area contributed by atoms with Crippen LogP contribution >= 0.6 is 0 Å². The quantitative estimate of drug-likeness (QED) is 0.857. The highest BCUT2D eigenvalue weighted by Crippen LogP contribution is 2.46. The number of carboxylic acids is 1. The van der Waals surface area contributed by atoms with Gasteiger partial charge in [-0.1, -0.05) is 48.5 Å². The van der Waals surface area contributed by atoms with E-state index in [4.69, 9.17) is 10.8 Å². The number of hydrogen-bond donors (Lipinski definition) is 2. The minimum atomic E-state index is -1.25. The van der Waals surface area contributed by atoms with Gasteiger partial charge in [-0.25, -0.2) is 0 Å². The van der Waals surface area contributed by atoms with Crippen LogP contribution in [0.25, 0.3) is 11.1 Å². The van der Waals surface area contributed by atoms with E-state index in [0.717, 1.165) is 27.2 Å². The number of fused-ring (bicyclic) bond motifs is 3. The Morgan fingerprint density at radius 1 is 1.04 bits per heavy atom. The third-order valence-electron chi connectivity index (χ3n) is 4.59. The molecule has 0 saturated carbocycles. The number of imide groups is 1. The average Bonchev–Trinajstić information content (AvgIpc) is 2.93. The number of hydrogen-bond acceptors (Lipinski definition) is 4. The molecule has 0 radical (unpaired) electrons. The minimum absolute atomic E-state index is 0.0137. The fourth-order valence-electron chi connectivity index (χ4n) is 3.43. The highest BCUT2D eigenvalue weighted by atomic mass is 16.4. The summed E-state index contributed by atoms with van der Waals surface area (Å²) in [7, 11) is 0. The van der Waals surface area contributed by atoms with Crippen LogP contribution in [0.4, 0.5) is 0 Å². The Balaban J connectivity index is 1.93. The van der Waals surface area contributed by atoms with E-state index in [9.17, 15) is 14.4 Å². The predicted octanol–water partition coefficient (Wildman–Crippen LogP) is 1.98. The van der Waals surface area contributed by atoms with Gasteiger partial charge in [0, 0.05) is 12.3 Å². The van der Waals surface area contributed by atoms with Crippen LogP contribution < -0.4 is 5.73 Å². The minimum Gasteiger partial charge on any atom is -0.480 e. The van der Waals surface area contributed by atoms with Crippen molar-refractivity contribution in [2.24, 2.45) is 5.73 Å². The number of nitrogens with two attached hydrogens (primary N) is 1. The molecule has 0 aromatic heterocycles. The van der Waals surface area contributed by atoms with Gasteiger partial charge in [0.2, 0.25) is 11.8 Å². The maximum Gasteiger partial charge on any atom is 0.323 e. The fourth-order valence-corrected chi connectivity index (χ4v) is 3.43. The van der Waals surface area contributed by atoms with Crippen molar-refractivity contribution in [2.75, 3.05) is 6.54 Å². The average molecular weight is 352 g/mol. The molecule has 0 bridgehead atoms. The molecule has 1 aliphatic carbocycles. The van der Waals surface area contributed by atoms with E-state index in [1.165, 1.54) is 6.92 Å². The van der Waals surface area contributed by atoms with Gasteiger partial charge in [0.1, 0.15) is 6.54 Å². The molecule has 0 saturated heterocycles. The van der Waals surface area contributed by atoms with Crippen molar-refractivity contribution in [3.8, 4) is 11.1 Å². The smallest absolute Gasteiger partial charge is 0.323 e. The fraction of sp³-hybridized carbons (Fsp3) is 0.250. The molecule has 3 N–H and O–H groups in total. The van der Waals surface area contributed by atoms with Gasteiger partial charge in [0.05, 0.1) is 6.04 Å². The largest absolute Gasteiger partial charge is 0.480 e. The lowest BCUT2D eigenvalue weighted by Crippen LogP contribution is -2.48. The van der Waals surface area contributed by atoms with Gasteiger partial charge in [0.25, 0.3) is 0 Å². The summed E-state index contributed by atoms with van der Waals surface area (Å²) in [5.74, 6) is -2.69. The van der Waals surface area contributed by atoms with Crippen molar-refractivity contribution in [2.45, 2.75) is 25.3 Å². The number of benzene rings is 2. The van der Waals surface area contributed by atoms with Crippen LogP contribution in [0.2, 0.25) is 0 Å². The molecule has 1 atom stereocenters.